The summed E-state index contributed by atoms with van der Waals surface area (Å²) in [5.74, 6) is -3.64. The summed E-state index contributed by atoms with van der Waals surface area (Å²) in [6.07, 6.45) is 0.505. The van der Waals surface area contributed by atoms with Gasteiger partial charge < -0.3 is 0 Å². The van der Waals surface area contributed by atoms with Gasteiger partial charge in [0.1, 0.15) is 23.0 Å². The molecule has 2 aromatic heterocycles. The fraction of sp³-hybridized carbons (Fsp3) is 0.417. The van der Waals surface area contributed by atoms with E-state index in [1.54, 1.807) is 13.0 Å². The number of aromatic nitrogens is 3. The van der Waals surface area contributed by atoms with Crippen LogP contribution in [0.2, 0.25) is 0 Å². The second kappa shape index (κ2) is 3.70. The van der Waals surface area contributed by atoms with Crippen LogP contribution >= 0.6 is 0 Å². The Kier molecular flexibility index (Phi) is 2.33. The predicted octanol–water partition coefficient (Wildman–Crippen LogP) is 2.56. The third-order valence-corrected chi connectivity index (χ3v) is 3.36. The van der Waals surface area contributed by atoms with Gasteiger partial charge in [-0.2, -0.15) is 10.4 Å². The van der Waals surface area contributed by atoms with Gasteiger partial charge in [-0.1, -0.05) is 0 Å². The van der Waals surface area contributed by atoms with E-state index in [9.17, 15) is 13.2 Å². The average Bonchev–Trinajstić information content (AvgIpc) is 2.58. The lowest BCUT2D eigenvalue weighted by atomic mass is 9.78. The summed E-state index contributed by atoms with van der Waals surface area (Å²) in [5, 5.41) is 13.1. The van der Waals surface area contributed by atoms with Crippen LogP contribution in [0.15, 0.2) is 6.20 Å². The minimum absolute atomic E-state index is 0.0485. The standard InChI is InChI=1S/C12H9F3N4/c1-6-17-5-9-10(13)8(4-16)11(19(9)18-6)7-2-12(14,15)3-7/h5,7H,2-3H2,1H3. The lowest BCUT2D eigenvalue weighted by Gasteiger charge is -2.34. The minimum Gasteiger partial charge on any atom is -0.237 e. The molecule has 0 spiro atoms. The van der Waals surface area contributed by atoms with E-state index in [-0.39, 0.29) is 29.6 Å². The zero-order chi connectivity index (χ0) is 13.8. The molecule has 19 heavy (non-hydrogen) atoms. The van der Waals surface area contributed by atoms with Crippen LogP contribution in [0.25, 0.3) is 5.52 Å². The molecule has 0 unspecified atom stereocenters. The van der Waals surface area contributed by atoms with Crippen LogP contribution in [-0.2, 0) is 0 Å². The van der Waals surface area contributed by atoms with E-state index >= 15 is 0 Å². The zero-order valence-corrected chi connectivity index (χ0v) is 9.99. The highest BCUT2D eigenvalue weighted by molar-refractivity contribution is 5.58. The van der Waals surface area contributed by atoms with Crippen LogP contribution < -0.4 is 0 Å². The number of aryl methyl sites for hydroxylation is 1. The van der Waals surface area contributed by atoms with Crippen LogP contribution in [0.5, 0.6) is 0 Å². The molecule has 0 radical (unpaired) electrons. The van der Waals surface area contributed by atoms with E-state index < -0.39 is 17.7 Å². The first-order chi connectivity index (χ1) is 8.93. The monoisotopic (exact) mass is 266 g/mol. The van der Waals surface area contributed by atoms with Gasteiger partial charge in [0.2, 0.25) is 5.92 Å². The Morgan fingerprint density at radius 3 is 2.74 bits per heavy atom. The normalized spacial score (nSPS) is 18.3. The lowest BCUT2D eigenvalue weighted by Crippen LogP contribution is -2.34. The first-order valence-corrected chi connectivity index (χ1v) is 5.74. The SMILES string of the molecule is Cc1ncc2c(F)c(C#N)c(C3CC(F)(F)C3)n2n1. The fourth-order valence-electron chi connectivity index (χ4n) is 2.45. The van der Waals surface area contributed by atoms with Gasteiger partial charge in [0, 0.05) is 18.8 Å². The average molecular weight is 266 g/mol. The Hall–Kier alpha value is -2.10. The van der Waals surface area contributed by atoms with Crippen molar-refractivity contribution in [1.82, 2.24) is 14.6 Å². The third-order valence-electron chi connectivity index (χ3n) is 3.36. The summed E-state index contributed by atoms with van der Waals surface area (Å²) in [5.41, 5.74) is 0.0687. The largest absolute Gasteiger partial charge is 0.249 e. The highest BCUT2D eigenvalue weighted by Gasteiger charge is 2.48. The van der Waals surface area contributed by atoms with Gasteiger partial charge in [-0.15, -0.1) is 0 Å². The molecule has 1 aliphatic rings. The molecule has 98 valence electrons. The number of nitrogens with zero attached hydrogens (tertiary/aromatic N) is 4. The maximum atomic E-state index is 14.0. The number of nitriles is 1. The number of fused-ring (bicyclic) bond motifs is 1. The van der Waals surface area contributed by atoms with E-state index in [0.29, 0.717) is 5.82 Å². The van der Waals surface area contributed by atoms with Gasteiger partial charge in [-0.05, 0) is 6.92 Å². The van der Waals surface area contributed by atoms with E-state index in [0.717, 1.165) is 0 Å². The highest BCUT2D eigenvalue weighted by Crippen LogP contribution is 2.49. The van der Waals surface area contributed by atoms with Gasteiger partial charge in [0.25, 0.3) is 0 Å². The van der Waals surface area contributed by atoms with Crippen molar-refractivity contribution in [3.8, 4) is 6.07 Å². The molecule has 7 heteroatoms. The maximum Gasteiger partial charge on any atom is 0.249 e. The summed E-state index contributed by atoms with van der Waals surface area (Å²) < 4.78 is 41.2. The molecule has 1 saturated carbocycles. The van der Waals surface area contributed by atoms with Crippen LogP contribution in [0.3, 0.4) is 0 Å². The van der Waals surface area contributed by atoms with Crippen molar-refractivity contribution in [2.45, 2.75) is 31.6 Å². The van der Waals surface area contributed by atoms with E-state index in [1.165, 1.54) is 10.7 Å². The second-order valence-corrected chi connectivity index (χ2v) is 4.75. The van der Waals surface area contributed by atoms with Crippen molar-refractivity contribution in [3.05, 3.63) is 29.1 Å². The topological polar surface area (TPSA) is 54.0 Å². The van der Waals surface area contributed by atoms with Crippen molar-refractivity contribution in [2.24, 2.45) is 0 Å². The molecule has 0 amide bonds. The van der Waals surface area contributed by atoms with Gasteiger partial charge in [-0.25, -0.2) is 22.7 Å². The van der Waals surface area contributed by atoms with Gasteiger partial charge in [0.15, 0.2) is 5.82 Å². The zero-order valence-electron chi connectivity index (χ0n) is 9.99. The lowest BCUT2D eigenvalue weighted by molar-refractivity contribution is -0.0879. The molecular formula is C12H9F3N4. The molecule has 1 aliphatic carbocycles. The summed E-state index contributed by atoms with van der Waals surface area (Å²) in [6, 6.07) is 1.74. The van der Waals surface area contributed by atoms with Gasteiger partial charge >= 0.3 is 0 Å². The quantitative estimate of drug-likeness (QED) is 0.797. The molecular weight excluding hydrogens is 257 g/mol. The van der Waals surface area contributed by atoms with Crippen LogP contribution in [0.4, 0.5) is 13.2 Å². The number of alkyl halides is 2. The van der Waals surface area contributed by atoms with E-state index in [2.05, 4.69) is 10.1 Å². The Balaban J connectivity index is 2.22. The number of hydrogen-bond donors (Lipinski definition) is 0. The van der Waals surface area contributed by atoms with Crippen molar-refractivity contribution < 1.29 is 13.2 Å². The molecule has 3 rings (SSSR count). The van der Waals surface area contributed by atoms with Crippen molar-refractivity contribution in [1.29, 1.82) is 5.26 Å². The second-order valence-electron chi connectivity index (χ2n) is 4.75. The Morgan fingerprint density at radius 2 is 2.16 bits per heavy atom. The molecule has 0 N–H and O–H groups in total. The van der Waals surface area contributed by atoms with Crippen LogP contribution in [-0.4, -0.2) is 20.5 Å². The Labute approximate surface area is 106 Å². The number of hydrogen-bond acceptors (Lipinski definition) is 3. The predicted molar refractivity (Wildman–Crippen MR) is 59.3 cm³/mol. The molecule has 2 aromatic rings. The first-order valence-electron chi connectivity index (χ1n) is 5.74. The molecule has 0 bridgehead atoms. The van der Waals surface area contributed by atoms with E-state index in [4.69, 9.17) is 5.26 Å². The van der Waals surface area contributed by atoms with Crippen molar-refractivity contribution >= 4 is 5.52 Å². The molecule has 4 nitrogen and oxygen atoms in total. The Bertz CT molecular complexity index is 706. The fourth-order valence-corrected chi connectivity index (χ4v) is 2.45. The molecule has 0 aliphatic heterocycles. The summed E-state index contributed by atoms with van der Waals surface area (Å²) in [7, 11) is 0. The molecule has 0 aromatic carbocycles. The van der Waals surface area contributed by atoms with Gasteiger partial charge in [-0.3, -0.25) is 0 Å². The molecule has 2 heterocycles. The molecule has 0 atom stereocenters. The van der Waals surface area contributed by atoms with Crippen LogP contribution in [0, 0.1) is 24.1 Å². The van der Waals surface area contributed by atoms with E-state index in [1.807, 2.05) is 0 Å². The van der Waals surface area contributed by atoms with Crippen molar-refractivity contribution in [3.63, 3.8) is 0 Å². The Morgan fingerprint density at radius 1 is 1.47 bits per heavy atom. The summed E-state index contributed by atoms with van der Waals surface area (Å²) >= 11 is 0. The van der Waals surface area contributed by atoms with Crippen LogP contribution in [0.1, 0.15) is 35.8 Å². The minimum atomic E-state index is -2.74. The maximum absolute atomic E-state index is 14.0. The summed E-state index contributed by atoms with van der Waals surface area (Å²) in [6.45, 7) is 1.61. The smallest absolute Gasteiger partial charge is 0.237 e. The number of halogens is 3. The highest BCUT2D eigenvalue weighted by atomic mass is 19.3. The van der Waals surface area contributed by atoms with Crippen molar-refractivity contribution in [2.75, 3.05) is 0 Å². The van der Waals surface area contributed by atoms with Gasteiger partial charge in [0.05, 0.1) is 11.9 Å². The number of rotatable bonds is 1. The molecule has 1 fully saturated rings. The third kappa shape index (κ3) is 1.67. The first kappa shape index (κ1) is 12.0. The molecule has 0 saturated heterocycles. The summed E-state index contributed by atoms with van der Waals surface area (Å²) in [4.78, 5) is 3.86.